The molecule has 3 rings (SSSR count). The molecule has 0 atom stereocenters. The zero-order valence-corrected chi connectivity index (χ0v) is 16.2. The third-order valence-corrected chi connectivity index (χ3v) is 6.11. The van der Waals surface area contributed by atoms with Crippen LogP contribution in [0.3, 0.4) is 0 Å². The molecule has 0 radical (unpaired) electrons. The van der Waals surface area contributed by atoms with Crippen LogP contribution < -0.4 is 8.37 Å². The summed E-state index contributed by atoms with van der Waals surface area (Å²) in [6, 6.07) is 17.1. The Morgan fingerprint density at radius 3 is 1.66 bits per heavy atom. The van der Waals surface area contributed by atoms with E-state index in [9.17, 15) is 26.9 Å². The highest BCUT2D eigenvalue weighted by molar-refractivity contribution is 7.87. The monoisotopic (exact) mass is 435 g/mol. The number of rotatable bonds is 7. The van der Waals surface area contributed by atoms with Crippen LogP contribution in [0.5, 0.6) is 11.5 Å². The second-order valence-corrected chi connectivity index (χ2v) is 8.68. The number of nitro groups is 1. The van der Waals surface area contributed by atoms with Gasteiger partial charge in [-0.25, -0.2) is 0 Å². The lowest BCUT2D eigenvalue weighted by Crippen LogP contribution is -2.12. The standard InChI is InChI=1S/C18H13NO8S2/c20-19(21)17-13-14(26-28(22,23)15-7-3-1-4-8-15)11-12-18(17)27-29(24,25)16-9-5-2-6-10-16/h1-13H. The van der Waals surface area contributed by atoms with Crippen molar-refractivity contribution < 1.29 is 30.1 Å². The molecule has 0 aliphatic carbocycles. The van der Waals surface area contributed by atoms with Crippen molar-refractivity contribution in [2.24, 2.45) is 0 Å². The fraction of sp³-hybridized carbons (Fsp3) is 0. The molecule has 0 aliphatic rings. The third-order valence-electron chi connectivity index (χ3n) is 3.60. The molecule has 0 amide bonds. The molecule has 0 unspecified atom stereocenters. The summed E-state index contributed by atoms with van der Waals surface area (Å²) in [5.41, 5.74) is -0.773. The normalized spacial score (nSPS) is 11.6. The highest BCUT2D eigenvalue weighted by Crippen LogP contribution is 2.34. The van der Waals surface area contributed by atoms with Crippen molar-refractivity contribution >= 4 is 25.9 Å². The van der Waals surface area contributed by atoms with Crippen LogP contribution in [0.25, 0.3) is 0 Å². The molecular weight excluding hydrogens is 422 g/mol. The van der Waals surface area contributed by atoms with Crippen molar-refractivity contribution in [2.75, 3.05) is 0 Å². The van der Waals surface area contributed by atoms with Gasteiger partial charge in [-0.05, 0) is 36.4 Å². The van der Waals surface area contributed by atoms with Gasteiger partial charge >= 0.3 is 25.9 Å². The quantitative estimate of drug-likeness (QED) is 0.314. The largest absolute Gasteiger partial charge is 0.379 e. The zero-order chi connectivity index (χ0) is 21.1. The van der Waals surface area contributed by atoms with Crippen LogP contribution in [0.1, 0.15) is 0 Å². The van der Waals surface area contributed by atoms with Crippen molar-refractivity contribution in [2.45, 2.75) is 9.79 Å². The number of nitrogens with zero attached hydrogens (tertiary/aromatic N) is 1. The molecule has 29 heavy (non-hydrogen) atoms. The van der Waals surface area contributed by atoms with E-state index >= 15 is 0 Å². The highest BCUT2D eigenvalue weighted by atomic mass is 32.2. The van der Waals surface area contributed by atoms with E-state index in [1.807, 2.05) is 0 Å². The third kappa shape index (κ3) is 4.70. The topological polar surface area (TPSA) is 130 Å². The first kappa shape index (κ1) is 20.3. The van der Waals surface area contributed by atoms with Crippen LogP contribution in [-0.2, 0) is 20.2 Å². The molecule has 150 valence electrons. The summed E-state index contributed by atoms with van der Waals surface area (Å²) in [7, 11) is -8.55. The Morgan fingerprint density at radius 1 is 0.690 bits per heavy atom. The van der Waals surface area contributed by atoms with Gasteiger partial charge in [-0.3, -0.25) is 10.1 Å². The second-order valence-electron chi connectivity index (χ2n) is 5.59. The lowest BCUT2D eigenvalue weighted by Gasteiger charge is -2.10. The molecule has 0 N–H and O–H groups in total. The van der Waals surface area contributed by atoms with Crippen LogP contribution in [0.15, 0.2) is 88.7 Å². The molecule has 0 aliphatic heterocycles. The number of hydrogen-bond acceptors (Lipinski definition) is 8. The minimum atomic E-state index is -4.32. The summed E-state index contributed by atoms with van der Waals surface area (Å²) in [5, 5.41) is 11.4. The van der Waals surface area contributed by atoms with Gasteiger partial charge in [0.25, 0.3) is 0 Å². The lowest BCUT2D eigenvalue weighted by molar-refractivity contribution is -0.385. The van der Waals surface area contributed by atoms with Crippen molar-refractivity contribution in [3.05, 3.63) is 89.0 Å². The molecule has 11 heteroatoms. The summed E-state index contributed by atoms with van der Waals surface area (Å²) in [6.07, 6.45) is 0. The molecule has 0 heterocycles. The van der Waals surface area contributed by atoms with E-state index < -0.39 is 36.6 Å². The van der Waals surface area contributed by atoms with Crippen LogP contribution in [-0.4, -0.2) is 21.8 Å². The van der Waals surface area contributed by atoms with Crippen LogP contribution in [0.2, 0.25) is 0 Å². The van der Waals surface area contributed by atoms with Gasteiger partial charge in [-0.15, -0.1) is 0 Å². The van der Waals surface area contributed by atoms with E-state index in [-0.39, 0.29) is 15.5 Å². The van der Waals surface area contributed by atoms with E-state index in [2.05, 4.69) is 0 Å². The Balaban J connectivity index is 1.93. The smallest absolute Gasteiger partial charge is 0.339 e. The SMILES string of the molecule is O=[N+]([O-])c1cc(OS(=O)(=O)c2ccccc2)ccc1OS(=O)(=O)c1ccccc1. The maximum atomic E-state index is 12.3. The summed E-state index contributed by atoms with van der Waals surface area (Å²) in [5.74, 6) is -0.951. The summed E-state index contributed by atoms with van der Waals surface area (Å²) >= 11 is 0. The van der Waals surface area contributed by atoms with Crippen molar-refractivity contribution in [3.63, 3.8) is 0 Å². The zero-order valence-electron chi connectivity index (χ0n) is 14.5. The van der Waals surface area contributed by atoms with E-state index in [1.165, 1.54) is 48.5 Å². The highest BCUT2D eigenvalue weighted by Gasteiger charge is 2.25. The van der Waals surface area contributed by atoms with Crippen molar-refractivity contribution in [3.8, 4) is 11.5 Å². The first-order valence-electron chi connectivity index (χ1n) is 7.96. The van der Waals surface area contributed by atoms with Crippen molar-refractivity contribution in [1.29, 1.82) is 0 Å². The van der Waals surface area contributed by atoms with Gasteiger partial charge in [0, 0.05) is 0 Å². The predicted octanol–water partition coefficient (Wildman–Crippen LogP) is 3.13. The minimum absolute atomic E-state index is 0.144. The molecule has 3 aromatic rings. The van der Waals surface area contributed by atoms with Gasteiger partial charge in [0.05, 0.1) is 11.0 Å². The van der Waals surface area contributed by atoms with E-state index in [1.54, 1.807) is 12.1 Å². The molecule has 3 aromatic carbocycles. The van der Waals surface area contributed by atoms with Gasteiger partial charge in [0.2, 0.25) is 5.75 Å². The molecule has 0 saturated heterocycles. The molecule has 0 saturated carbocycles. The summed E-state index contributed by atoms with van der Waals surface area (Å²) < 4.78 is 58.9. The maximum absolute atomic E-state index is 12.3. The average Bonchev–Trinajstić information content (AvgIpc) is 2.70. The molecule has 0 aromatic heterocycles. The first-order valence-corrected chi connectivity index (χ1v) is 10.8. The van der Waals surface area contributed by atoms with E-state index in [0.717, 1.165) is 18.2 Å². The van der Waals surface area contributed by atoms with Gasteiger partial charge < -0.3 is 8.37 Å². The molecular formula is C18H13NO8S2. The van der Waals surface area contributed by atoms with Crippen LogP contribution >= 0.6 is 0 Å². The predicted molar refractivity (Wildman–Crippen MR) is 102 cm³/mol. The molecule has 0 bridgehead atoms. The van der Waals surface area contributed by atoms with Gasteiger partial charge in [-0.2, -0.15) is 16.8 Å². The first-order chi connectivity index (χ1) is 13.7. The van der Waals surface area contributed by atoms with Gasteiger partial charge in [0.1, 0.15) is 15.5 Å². The molecule has 9 nitrogen and oxygen atoms in total. The number of nitro benzene ring substituents is 1. The average molecular weight is 435 g/mol. The second kappa shape index (κ2) is 7.89. The fourth-order valence-electron chi connectivity index (χ4n) is 2.28. The van der Waals surface area contributed by atoms with E-state index in [4.69, 9.17) is 8.37 Å². The minimum Gasteiger partial charge on any atom is -0.379 e. The van der Waals surface area contributed by atoms with Gasteiger partial charge in [-0.1, -0.05) is 36.4 Å². The Labute approximate surface area is 166 Å². The van der Waals surface area contributed by atoms with E-state index in [0.29, 0.717) is 0 Å². The fourth-order valence-corrected chi connectivity index (χ4v) is 4.19. The Hall–Kier alpha value is -3.44. The maximum Gasteiger partial charge on any atom is 0.339 e. The molecule has 0 spiro atoms. The van der Waals surface area contributed by atoms with Crippen molar-refractivity contribution in [1.82, 2.24) is 0 Å². The van der Waals surface area contributed by atoms with Crippen LogP contribution in [0, 0.1) is 10.1 Å². The summed E-state index contributed by atoms with van der Waals surface area (Å²) in [6.45, 7) is 0. The number of hydrogen-bond donors (Lipinski definition) is 0. The van der Waals surface area contributed by atoms with Crippen LogP contribution in [0.4, 0.5) is 5.69 Å². The Bertz CT molecular complexity index is 1240. The Kier molecular flexibility index (Phi) is 5.52. The van der Waals surface area contributed by atoms with Gasteiger partial charge in [0.15, 0.2) is 0 Å². The summed E-state index contributed by atoms with van der Waals surface area (Å²) in [4.78, 5) is 10.1. The Morgan fingerprint density at radius 2 is 1.17 bits per heavy atom. The molecule has 0 fully saturated rings. The number of benzene rings is 3. The lowest BCUT2D eigenvalue weighted by atomic mass is 10.3.